The third-order valence-electron chi connectivity index (χ3n) is 4.93. The SMILES string of the molecule is COc1cc(-c2cnn(C)c2)cc2ncnc(Nc3ccc4ncccc4c3F)c12. The number of halogens is 1. The van der Waals surface area contributed by atoms with E-state index in [1.807, 2.05) is 25.4 Å². The van der Waals surface area contributed by atoms with Gasteiger partial charge in [0.1, 0.15) is 17.9 Å². The van der Waals surface area contributed by atoms with Crippen LogP contribution < -0.4 is 10.1 Å². The Morgan fingerprint density at radius 3 is 2.73 bits per heavy atom. The second kappa shape index (κ2) is 7.07. The van der Waals surface area contributed by atoms with Crippen LogP contribution in [0.1, 0.15) is 0 Å². The van der Waals surface area contributed by atoms with Crippen molar-refractivity contribution in [1.29, 1.82) is 0 Å². The Hall–Kier alpha value is -4.07. The Bertz CT molecular complexity index is 1400. The molecule has 148 valence electrons. The fourth-order valence-electron chi connectivity index (χ4n) is 3.49. The number of hydrogen-bond acceptors (Lipinski definition) is 6. The molecule has 1 N–H and O–H groups in total. The molecule has 0 aliphatic rings. The number of aromatic nitrogens is 5. The zero-order valence-corrected chi connectivity index (χ0v) is 16.3. The highest BCUT2D eigenvalue weighted by Crippen LogP contribution is 2.36. The van der Waals surface area contributed by atoms with Crippen molar-refractivity contribution in [2.75, 3.05) is 12.4 Å². The van der Waals surface area contributed by atoms with Crippen LogP contribution in [0.3, 0.4) is 0 Å². The minimum Gasteiger partial charge on any atom is -0.496 e. The van der Waals surface area contributed by atoms with E-state index >= 15 is 4.39 Å². The molecule has 5 rings (SSSR count). The van der Waals surface area contributed by atoms with Gasteiger partial charge in [-0.05, 0) is 42.0 Å². The smallest absolute Gasteiger partial charge is 0.156 e. The molecule has 0 aliphatic carbocycles. The zero-order valence-electron chi connectivity index (χ0n) is 16.3. The molecule has 8 heteroatoms. The van der Waals surface area contributed by atoms with Crippen LogP contribution in [0.5, 0.6) is 5.75 Å². The lowest BCUT2D eigenvalue weighted by atomic mass is 10.1. The van der Waals surface area contributed by atoms with Crippen molar-refractivity contribution < 1.29 is 9.13 Å². The molecule has 0 unspecified atom stereocenters. The Kier molecular flexibility index (Phi) is 4.24. The van der Waals surface area contributed by atoms with Crippen LogP contribution in [0.4, 0.5) is 15.9 Å². The van der Waals surface area contributed by atoms with E-state index in [4.69, 9.17) is 4.74 Å². The Morgan fingerprint density at radius 1 is 1.03 bits per heavy atom. The Labute approximate surface area is 171 Å². The van der Waals surface area contributed by atoms with Gasteiger partial charge in [0, 0.05) is 30.4 Å². The molecule has 0 fully saturated rings. The average molecular weight is 400 g/mol. The number of hydrogen-bond donors (Lipinski definition) is 1. The summed E-state index contributed by atoms with van der Waals surface area (Å²) in [5, 5.41) is 8.42. The van der Waals surface area contributed by atoms with Crippen molar-refractivity contribution >= 4 is 33.3 Å². The van der Waals surface area contributed by atoms with E-state index in [-0.39, 0.29) is 0 Å². The molecule has 2 aromatic carbocycles. The van der Waals surface area contributed by atoms with Gasteiger partial charge in [-0.1, -0.05) is 0 Å². The molecular weight excluding hydrogens is 383 g/mol. The lowest BCUT2D eigenvalue weighted by Gasteiger charge is -2.14. The second-order valence-electron chi connectivity index (χ2n) is 6.82. The number of methoxy groups -OCH3 is 1. The number of fused-ring (bicyclic) bond motifs is 2. The van der Waals surface area contributed by atoms with Gasteiger partial charge >= 0.3 is 0 Å². The van der Waals surface area contributed by atoms with Gasteiger partial charge in [0.2, 0.25) is 0 Å². The Morgan fingerprint density at radius 2 is 1.93 bits per heavy atom. The first-order valence-electron chi connectivity index (χ1n) is 9.26. The highest BCUT2D eigenvalue weighted by molar-refractivity contribution is 5.99. The lowest BCUT2D eigenvalue weighted by Crippen LogP contribution is -2.00. The summed E-state index contributed by atoms with van der Waals surface area (Å²) < 4.78 is 22.4. The number of aryl methyl sites for hydroxylation is 1. The summed E-state index contributed by atoms with van der Waals surface area (Å²) in [7, 11) is 3.44. The topological polar surface area (TPSA) is 77.8 Å². The third-order valence-corrected chi connectivity index (χ3v) is 4.93. The highest BCUT2D eigenvalue weighted by atomic mass is 19.1. The van der Waals surface area contributed by atoms with Crippen LogP contribution in [-0.2, 0) is 7.05 Å². The number of benzene rings is 2. The maximum atomic E-state index is 15.0. The average Bonchev–Trinajstić information content (AvgIpc) is 3.21. The molecule has 0 atom stereocenters. The number of nitrogens with zero attached hydrogens (tertiary/aromatic N) is 5. The third kappa shape index (κ3) is 2.98. The van der Waals surface area contributed by atoms with Gasteiger partial charge in [0.25, 0.3) is 0 Å². The molecule has 0 spiro atoms. The molecule has 0 saturated carbocycles. The predicted octanol–water partition coefficient (Wildman–Crippen LogP) is 4.47. The van der Waals surface area contributed by atoms with Crippen LogP contribution in [0.2, 0.25) is 0 Å². The number of rotatable bonds is 4. The van der Waals surface area contributed by atoms with E-state index in [9.17, 15) is 0 Å². The maximum Gasteiger partial charge on any atom is 0.156 e. The van der Waals surface area contributed by atoms with Crippen LogP contribution >= 0.6 is 0 Å². The molecule has 5 aromatic rings. The summed E-state index contributed by atoms with van der Waals surface area (Å²) in [5.41, 5.74) is 3.42. The van der Waals surface area contributed by atoms with E-state index in [0.29, 0.717) is 39.1 Å². The minimum atomic E-state index is -0.390. The summed E-state index contributed by atoms with van der Waals surface area (Å²) in [6.45, 7) is 0. The van der Waals surface area contributed by atoms with Crippen molar-refractivity contribution in [3.8, 4) is 16.9 Å². The van der Waals surface area contributed by atoms with Gasteiger partial charge in [0.05, 0.1) is 35.4 Å². The van der Waals surface area contributed by atoms with Gasteiger partial charge < -0.3 is 10.1 Å². The van der Waals surface area contributed by atoms with Gasteiger partial charge in [-0.3, -0.25) is 9.67 Å². The van der Waals surface area contributed by atoms with E-state index in [1.54, 1.807) is 48.5 Å². The normalized spacial score (nSPS) is 11.2. The minimum absolute atomic E-state index is 0.300. The van der Waals surface area contributed by atoms with Crippen molar-refractivity contribution in [2.45, 2.75) is 0 Å². The van der Waals surface area contributed by atoms with Crippen LogP contribution in [0.25, 0.3) is 32.9 Å². The van der Waals surface area contributed by atoms with Gasteiger partial charge in [-0.15, -0.1) is 0 Å². The molecule has 3 aromatic heterocycles. The Balaban J connectivity index is 1.64. The molecule has 30 heavy (non-hydrogen) atoms. The fraction of sp³-hybridized carbons (Fsp3) is 0.0909. The predicted molar refractivity (Wildman–Crippen MR) is 113 cm³/mol. The van der Waals surface area contributed by atoms with Crippen LogP contribution in [0.15, 0.2) is 61.3 Å². The first-order chi connectivity index (χ1) is 14.6. The highest BCUT2D eigenvalue weighted by Gasteiger charge is 2.16. The largest absolute Gasteiger partial charge is 0.496 e. The standard InChI is InChI=1S/C22H17FN6O/c1-29-11-14(10-27-29)13-8-18-20(19(9-13)30-2)22(26-12-25-18)28-17-6-5-16-15(21(17)23)4-3-7-24-16/h3-12H,1-2H3,(H,25,26,28). The van der Waals surface area contributed by atoms with Crippen molar-refractivity contribution in [3.05, 3.63) is 67.1 Å². The first kappa shape index (κ1) is 18.0. The molecule has 0 aliphatic heterocycles. The van der Waals surface area contributed by atoms with E-state index < -0.39 is 5.82 Å². The van der Waals surface area contributed by atoms with Crippen molar-refractivity contribution in [1.82, 2.24) is 24.7 Å². The van der Waals surface area contributed by atoms with Crippen LogP contribution in [-0.4, -0.2) is 31.8 Å². The van der Waals surface area contributed by atoms with E-state index in [0.717, 1.165) is 11.1 Å². The molecule has 0 radical (unpaired) electrons. The maximum absolute atomic E-state index is 15.0. The first-order valence-corrected chi connectivity index (χ1v) is 9.26. The van der Waals surface area contributed by atoms with E-state index in [1.165, 1.54) is 6.33 Å². The van der Waals surface area contributed by atoms with Crippen molar-refractivity contribution in [2.24, 2.45) is 7.05 Å². The fourth-order valence-corrected chi connectivity index (χ4v) is 3.49. The number of anilines is 2. The van der Waals surface area contributed by atoms with Gasteiger partial charge in [0.15, 0.2) is 5.82 Å². The van der Waals surface area contributed by atoms with Gasteiger partial charge in [-0.25, -0.2) is 14.4 Å². The molecular formula is C22H17FN6O. The number of pyridine rings is 1. The van der Waals surface area contributed by atoms with Gasteiger partial charge in [-0.2, -0.15) is 5.10 Å². The van der Waals surface area contributed by atoms with Crippen molar-refractivity contribution in [3.63, 3.8) is 0 Å². The van der Waals surface area contributed by atoms with Crippen LogP contribution in [0, 0.1) is 5.82 Å². The molecule has 7 nitrogen and oxygen atoms in total. The molecule has 0 amide bonds. The number of nitrogens with one attached hydrogen (secondary N) is 1. The monoisotopic (exact) mass is 400 g/mol. The second-order valence-corrected chi connectivity index (χ2v) is 6.82. The zero-order chi connectivity index (χ0) is 20.7. The summed E-state index contributed by atoms with van der Waals surface area (Å²) in [4.78, 5) is 12.9. The van der Waals surface area contributed by atoms with E-state index in [2.05, 4.69) is 25.4 Å². The number of ether oxygens (including phenoxy) is 1. The molecule has 3 heterocycles. The molecule has 0 saturated heterocycles. The summed E-state index contributed by atoms with van der Waals surface area (Å²) in [5.74, 6) is 0.646. The summed E-state index contributed by atoms with van der Waals surface area (Å²) in [6, 6.07) is 10.6. The summed E-state index contributed by atoms with van der Waals surface area (Å²) >= 11 is 0. The lowest BCUT2D eigenvalue weighted by molar-refractivity contribution is 0.420. The summed E-state index contributed by atoms with van der Waals surface area (Å²) in [6.07, 6.45) is 6.77. The molecule has 0 bridgehead atoms. The quantitative estimate of drug-likeness (QED) is 0.480.